The molecule has 0 aromatic carbocycles. The first-order valence-electron chi connectivity index (χ1n) is 5.13. The largest absolute Gasteiger partial charge is 0.355 e. The van der Waals surface area contributed by atoms with Gasteiger partial charge in [-0.05, 0) is 6.92 Å². The molecular weight excluding hydrogens is 178 g/mol. The van der Waals surface area contributed by atoms with Gasteiger partial charge in [0, 0.05) is 32.7 Å². The van der Waals surface area contributed by atoms with E-state index >= 15 is 0 Å². The van der Waals surface area contributed by atoms with Crippen LogP contribution in [0.4, 0.5) is 0 Å². The van der Waals surface area contributed by atoms with Crippen LogP contribution in [0.1, 0.15) is 6.92 Å². The fourth-order valence-corrected chi connectivity index (χ4v) is 1.68. The summed E-state index contributed by atoms with van der Waals surface area (Å²) in [4.78, 5) is 13.8. The number of hydrogen-bond acceptors (Lipinski definition) is 3. The molecule has 1 heterocycles. The molecule has 0 spiro atoms. The molecule has 1 atom stereocenters. The van der Waals surface area contributed by atoms with Crippen LogP contribution in [0.3, 0.4) is 0 Å². The van der Waals surface area contributed by atoms with Gasteiger partial charge in [-0.15, -0.1) is 6.58 Å². The maximum absolute atomic E-state index is 11.7. The van der Waals surface area contributed by atoms with Crippen molar-refractivity contribution >= 4 is 5.91 Å². The lowest BCUT2D eigenvalue weighted by Gasteiger charge is -2.34. The molecule has 1 amide bonds. The quantitative estimate of drug-likeness (QED) is 0.602. The molecule has 1 unspecified atom stereocenters. The second-order valence-electron chi connectivity index (χ2n) is 3.40. The summed E-state index contributed by atoms with van der Waals surface area (Å²) in [5, 5.41) is 6.07. The average molecular weight is 197 g/mol. The molecule has 1 fully saturated rings. The Morgan fingerprint density at radius 3 is 3.21 bits per heavy atom. The Hall–Kier alpha value is -0.870. The van der Waals surface area contributed by atoms with Gasteiger partial charge >= 0.3 is 0 Å². The van der Waals surface area contributed by atoms with E-state index < -0.39 is 0 Å². The van der Waals surface area contributed by atoms with Gasteiger partial charge in [-0.1, -0.05) is 6.08 Å². The van der Waals surface area contributed by atoms with Crippen molar-refractivity contribution in [1.29, 1.82) is 0 Å². The predicted octanol–water partition coefficient (Wildman–Crippen LogP) is -0.418. The number of nitrogens with zero attached hydrogens (tertiary/aromatic N) is 1. The summed E-state index contributed by atoms with van der Waals surface area (Å²) in [5.41, 5.74) is 0. The third-order valence-corrected chi connectivity index (χ3v) is 2.37. The minimum absolute atomic E-state index is 0.0401. The van der Waals surface area contributed by atoms with Crippen LogP contribution in [0, 0.1) is 0 Å². The van der Waals surface area contributed by atoms with Crippen molar-refractivity contribution in [3.8, 4) is 0 Å². The third-order valence-electron chi connectivity index (χ3n) is 2.37. The number of amides is 1. The zero-order valence-electron chi connectivity index (χ0n) is 8.75. The molecule has 14 heavy (non-hydrogen) atoms. The summed E-state index contributed by atoms with van der Waals surface area (Å²) in [5.74, 6) is 0.113. The molecule has 1 aliphatic rings. The van der Waals surface area contributed by atoms with E-state index in [4.69, 9.17) is 0 Å². The lowest BCUT2D eigenvalue weighted by atomic mass is 10.1. The van der Waals surface area contributed by atoms with Crippen LogP contribution < -0.4 is 10.6 Å². The Kier molecular flexibility index (Phi) is 4.62. The third kappa shape index (κ3) is 2.82. The molecule has 0 bridgehead atoms. The van der Waals surface area contributed by atoms with Gasteiger partial charge < -0.3 is 10.6 Å². The summed E-state index contributed by atoms with van der Waals surface area (Å²) >= 11 is 0. The standard InChI is InChI=1S/C10H19N3O/c1-3-6-13-7-5-11-8-9(13)10(14)12-4-2/h3,9,11H,1,4-8H2,2H3,(H,12,14). The first kappa shape index (κ1) is 11.2. The van der Waals surface area contributed by atoms with E-state index in [1.807, 2.05) is 13.0 Å². The topological polar surface area (TPSA) is 44.4 Å². The molecule has 0 saturated carbocycles. The summed E-state index contributed by atoms with van der Waals surface area (Å²) in [6.07, 6.45) is 1.84. The Morgan fingerprint density at radius 2 is 2.57 bits per heavy atom. The molecular formula is C10H19N3O. The van der Waals surface area contributed by atoms with Gasteiger partial charge in [-0.25, -0.2) is 0 Å². The number of likely N-dealkylation sites (N-methyl/N-ethyl adjacent to an activating group) is 1. The maximum Gasteiger partial charge on any atom is 0.238 e. The second-order valence-corrected chi connectivity index (χ2v) is 3.40. The van der Waals surface area contributed by atoms with Crippen LogP contribution in [-0.4, -0.2) is 49.6 Å². The summed E-state index contributed by atoms with van der Waals surface area (Å²) in [6, 6.07) is -0.0401. The number of nitrogens with one attached hydrogen (secondary N) is 2. The van der Waals surface area contributed by atoms with Crippen LogP contribution in [0.15, 0.2) is 12.7 Å². The van der Waals surface area contributed by atoms with Gasteiger partial charge in [0.1, 0.15) is 6.04 Å². The van der Waals surface area contributed by atoms with Crippen LogP contribution >= 0.6 is 0 Å². The molecule has 4 heteroatoms. The van der Waals surface area contributed by atoms with E-state index in [1.54, 1.807) is 0 Å². The van der Waals surface area contributed by atoms with Crippen molar-refractivity contribution in [1.82, 2.24) is 15.5 Å². The second kappa shape index (κ2) is 5.78. The zero-order valence-corrected chi connectivity index (χ0v) is 8.75. The van der Waals surface area contributed by atoms with Crippen molar-refractivity contribution in [3.63, 3.8) is 0 Å². The Labute approximate surface area is 85.3 Å². The van der Waals surface area contributed by atoms with Gasteiger partial charge in [-0.2, -0.15) is 0 Å². The molecule has 2 N–H and O–H groups in total. The van der Waals surface area contributed by atoms with Crippen LogP contribution in [0.2, 0.25) is 0 Å². The predicted molar refractivity (Wildman–Crippen MR) is 57.1 cm³/mol. The number of carbonyl (C=O) groups is 1. The molecule has 1 rings (SSSR count). The van der Waals surface area contributed by atoms with E-state index in [2.05, 4.69) is 22.1 Å². The highest BCUT2D eigenvalue weighted by Crippen LogP contribution is 2.02. The molecule has 80 valence electrons. The molecule has 0 radical (unpaired) electrons. The van der Waals surface area contributed by atoms with Crippen molar-refractivity contribution in [3.05, 3.63) is 12.7 Å². The molecule has 0 aliphatic carbocycles. The van der Waals surface area contributed by atoms with Crippen LogP contribution in [0.5, 0.6) is 0 Å². The highest BCUT2D eigenvalue weighted by molar-refractivity contribution is 5.82. The van der Waals surface area contributed by atoms with E-state index in [1.165, 1.54) is 0 Å². The zero-order chi connectivity index (χ0) is 10.4. The van der Waals surface area contributed by atoms with Crippen molar-refractivity contribution in [2.75, 3.05) is 32.7 Å². The number of piperazine rings is 1. The van der Waals surface area contributed by atoms with Gasteiger partial charge in [0.05, 0.1) is 0 Å². The Morgan fingerprint density at radius 1 is 1.79 bits per heavy atom. The van der Waals surface area contributed by atoms with Crippen LogP contribution in [0.25, 0.3) is 0 Å². The van der Waals surface area contributed by atoms with E-state index in [9.17, 15) is 4.79 Å². The monoisotopic (exact) mass is 197 g/mol. The smallest absolute Gasteiger partial charge is 0.238 e. The lowest BCUT2D eigenvalue weighted by Crippen LogP contribution is -2.57. The van der Waals surface area contributed by atoms with Crippen molar-refractivity contribution in [2.24, 2.45) is 0 Å². The Bertz CT molecular complexity index is 206. The molecule has 1 saturated heterocycles. The Balaban J connectivity index is 2.52. The summed E-state index contributed by atoms with van der Waals surface area (Å²) < 4.78 is 0. The molecule has 1 aliphatic heterocycles. The van der Waals surface area contributed by atoms with Crippen molar-refractivity contribution < 1.29 is 4.79 Å². The van der Waals surface area contributed by atoms with E-state index in [0.29, 0.717) is 6.54 Å². The summed E-state index contributed by atoms with van der Waals surface area (Å²) in [6.45, 7) is 9.70. The molecule has 0 aromatic heterocycles. The first-order valence-corrected chi connectivity index (χ1v) is 5.13. The van der Waals surface area contributed by atoms with Gasteiger partial charge in [0.2, 0.25) is 5.91 Å². The SMILES string of the molecule is C=CCN1CCNCC1C(=O)NCC. The fourth-order valence-electron chi connectivity index (χ4n) is 1.68. The molecule has 0 aromatic rings. The molecule has 4 nitrogen and oxygen atoms in total. The lowest BCUT2D eigenvalue weighted by molar-refractivity contribution is -0.126. The number of hydrogen-bond donors (Lipinski definition) is 2. The number of carbonyl (C=O) groups excluding carboxylic acids is 1. The summed E-state index contributed by atoms with van der Waals surface area (Å²) in [7, 11) is 0. The van der Waals surface area contributed by atoms with Crippen molar-refractivity contribution in [2.45, 2.75) is 13.0 Å². The number of rotatable bonds is 4. The highest BCUT2D eigenvalue weighted by atomic mass is 16.2. The normalized spacial score (nSPS) is 23.1. The van der Waals surface area contributed by atoms with Crippen LogP contribution in [-0.2, 0) is 4.79 Å². The van der Waals surface area contributed by atoms with E-state index in [0.717, 1.165) is 26.2 Å². The highest BCUT2D eigenvalue weighted by Gasteiger charge is 2.26. The van der Waals surface area contributed by atoms with Gasteiger partial charge in [0.15, 0.2) is 0 Å². The van der Waals surface area contributed by atoms with E-state index in [-0.39, 0.29) is 11.9 Å². The first-order chi connectivity index (χ1) is 6.79. The fraction of sp³-hybridized carbons (Fsp3) is 0.700. The maximum atomic E-state index is 11.7. The van der Waals surface area contributed by atoms with Gasteiger partial charge in [0.25, 0.3) is 0 Å². The van der Waals surface area contributed by atoms with Gasteiger partial charge in [-0.3, -0.25) is 9.69 Å². The minimum Gasteiger partial charge on any atom is -0.355 e. The average Bonchev–Trinajstić information content (AvgIpc) is 2.19. The minimum atomic E-state index is -0.0401.